The van der Waals surface area contributed by atoms with E-state index < -0.39 is 5.60 Å². The molecule has 0 aromatic heterocycles. The highest BCUT2D eigenvalue weighted by Gasteiger charge is 2.33. The van der Waals surface area contributed by atoms with E-state index in [0.717, 1.165) is 0 Å². The molecule has 16 heavy (non-hydrogen) atoms. The first kappa shape index (κ1) is 12.8. The second-order valence-corrected chi connectivity index (χ2v) is 5.10. The summed E-state index contributed by atoms with van der Waals surface area (Å²) in [6, 6.07) is 2.14. The fourth-order valence-corrected chi connectivity index (χ4v) is 1.45. The summed E-state index contributed by atoms with van der Waals surface area (Å²) in [6.07, 6.45) is -0.282. The summed E-state index contributed by atoms with van der Waals surface area (Å²) in [5.74, 6) is 0. The van der Waals surface area contributed by atoms with Crippen LogP contribution in [0.3, 0.4) is 0 Å². The van der Waals surface area contributed by atoms with Gasteiger partial charge in [0.25, 0.3) is 0 Å². The summed E-state index contributed by atoms with van der Waals surface area (Å²) in [6.45, 7) is 8.56. The zero-order valence-electron chi connectivity index (χ0n) is 10.3. The Hall–Kier alpha value is -1.28. The Morgan fingerprint density at radius 1 is 1.56 bits per heavy atom. The molecule has 0 unspecified atom stereocenters. The predicted molar refractivity (Wildman–Crippen MR) is 59.8 cm³/mol. The van der Waals surface area contributed by atoms with Gasteiger partial charge >= 0.3 is 6.09 Å². The van der Waals surface area contributed by atoms with Gasteiger partial charge in [-0.3, -0.25) is 5.32 Å². The third-order valence-corrected chi connectivity index (χ3v) is 2.21. The number of amides is 1. The van der Waals surface area contributed by atoms with Crippen LogP contribution in [-0.4, -0.2) is 41.8 Å². The molecule has 5 nitrogen and oxygen atoms in total. The Morgan fingerprint density at radius 3 is 2.56 bits per heavy atom. The van der Waals surface area contributed by atoms with Gasteiger partial charge in [0.15, 0.2) is 0 Å². The van der Waals surface area contributed by atoms with Crippen molar-refractivity contribution in [3.63, 3.8) is 0 Å². The molecule has 90 valence electrons. The molecule has 0 aromatic rings. The molecule has 0 aliphatic carbocycles. The van der Waals surface area contributed by atoms with Crippen molar-refractivity contribution in [2.45, 2.75) is 45.4 Å². The largest absolute Gasteiger partial charge is 0.444 e. The second-order valence-electron chi connectivity index (χ2n) is 5.10. The van der Waals surface area contributed by atoms with E-state index in [9.17, 15) is 4.79 Å². The molecule has 1 aliphatic rings. The number of carbonyl (C=O) groups is 1. The van der Waals surface area contributed by atoms with Crippen LogP contribution in [-0.2, 0) is 4.74 Å². The van der Waals surface area contributed by atoms with Crippen molar-refractivity contribution in [3.05, 3.63) is 0 Å². The number of rotatable bonds is 2. The molecular formula is C11H19N3O2. The highest BCUT2D eigenvalue weighted by molar-refractivity contribution is 5.69. The first-order valence-electron chi connectivity index (χ1n) is 5.45. The van der Waals surface area contributed by atoms with Crippen LogP contribution in [0.15, 0.2) is 0 Å². The molecule has 1 atom stereocenters. The minimum absolute atomic E-state index is 0.175. The zero-order chi connectivity index (χ0) is 12.3. The molecule has 1 aliphatic heterocycles. The van der Waals surface area contributed by atoms with E-state index in [2.05, 4.69) is 11.4 Å². The van der Waals surface area contributed by atoms with E-state index >= 15 is 0 Å². The van der Waals surface area contributed by atoms with Crippen LogP contribution >= 0.6 is 0 Å². The van der Waals surface area contributed by atoms with Crippen molar-refractivity contribution in [1.82, 2.24) is 10.2 Å². The van der Waals surface area contributed by atoms with Crippen LogP contribution in [0.5, 0.6) is 0 Å². The van der Waals surface area contributed by atoms with Gasteiger partial charge in [-0.2, -0.15) is 5.26 Å². The van der Waals surface area contributed by atoms with E-state index in [1.807, 2.05) is 20.8 Å². The second kappa shape index (κ2) is 4.71. The molecule has 1 saturated heterocycles. The number of nitrogens with zero attached hydrogens (tertiary/aromatic N) is 2. The summed E-state index contributed by atoms with van der Waals surface area (Å²) in [7, 11) is 0. The van der Waals surface area contributed by atoms with Crippen molar-refractivity contribution in [1.29, 1.82) is 5.26 Å². The van der Waals surface area contributed by atoms with Gasteiger partial charge in [-0.1, -0.05) is 0 Å². The van der Waals surface area contributed by atoms with E-state index in [1.54, 1.807) is 11.8 Å². The van der Waals surface area contributed by atoms with Gasteiger partial charge in [0.05, 0.1) is 12.1 Å². The molecule has 1 amide bonds. The molecule has 1 heterocycles. The average Bonchev–Trinajstić information content (AvgIpc) is 2.06. The van der Waals surface area contributed by atoms with E-state index in [-0.39, 0.29) is 18.2 Å². The normalized spacial score (nSPS) is 18.6. The summed E-state index contributed by atoms with van der Waals surface area (Å²) in [4.78, 5) is 13.2. The maximum atomic E-state index is 11.6. The lowest BCUT2D eigenvalue weighted by atomic mass is 10.1. The Bertz CT molecular complexity index is 297. The fraction of sp³-hybridized carbons (Fsp3) is 0.818. The predicted octanol–water partition coefficient (Wildman–Crippen LogP) is 1.11. The van der Waals surface area contributed by atoms with Crippen molar-refractivity contribution in [2.75, 3.05) is 13.1 Å². The highest BCUT2D eigenvalue weighted by Crippen LogP contribution is 2.15. The molecule has 0 spiro atoms. The van der Waals surface area contributed by atoms with Gasteiger partial charge in [-0.05, 0) is 27.7 Å². The minimum Gasteiger partial charge on any atom is -0.444 e. The molecule has 0 radical (unpaired) electrons. The third-order valence-electron chi connectivity index (χ3n) is 2.21. The number of nitrogens with one attached hydrogen (secondary N) is 1. The molecule has 5 heteroatoms. The topological polar surface area (TPSA) is 65.4 Å². The molecule has 1 rings (SSSR count). The van der Waals surface area contributed by atoms with Crippen LogP contribution < -0.4 is 5.32 Å². The lowest BCUT2D eigenvalue weighted by Gasteiger charge is -2.40. The van der Waals surface area contributed by atoms with Crippen LogP contribution in [0.4, 0.5) is 4.79 Å². The van der Waals surface area contributed by atoms with Crippen molar-refractivity contribution in [2.24, 2.45) is 0 Å². The van der Waals surface area contributed by atoms with Crippen LogP contribution in [0.1, 0.15) is 27.7 Å². The Balaban J connectivity index is 2.26. The Morgan fingerprint density at radius 2 is 2.12 bits per heavy atom. The first-order chi connectivity index (χ1) is 7.31. The van der Waals surface area contributed by atoms with Crippen LogP contribution in [0.2, 0.25) is 0 Å². The average molecular weight is 225 g/mol. The maximum Gasteiger partial charge on any atom is 0.410 e. The monoisotopic (exact) mass is 225 g/mol. The molecule has 1 N–H and O–H groups in total. The van der Waals surface area contributed by atoms with Crippen molar-refractivity contribution in [3.8, 4) is 6.07 Å². The van der Waals surface area contributed by atoms with Gasteiger partial charge in [0.2, 0.25) is 0 Å². The number of ether oxygens (including phenoxy) is 1. The lowest BCUT2D eigenvalue weighted by molar-refractivity contribution is 0.00492. The summed E-state index contributed by atoms with van der Waals surface area (Å²) in [5.41, 5.74) is -0.449. The number of hydrogen-bond acceptors (Lipinski definition) is 4. The number of nitriles is 1. The molecule has 0 aromatic carbocycles. The molecular weight excluding hydrogens is 206 g/mol. The summed E-state index contributed by atoms with van der Waals surface area (Å²) in [5, 5.41) is 11.7. The van der Waals surface area contributed by atoms with E-state index in [1.165, 1.54) is 0 Å². The van der Waals surface area contributed by atoms with Gasteiger partial charge < -0.3 is 9.64 Å². The van der Waals surface area contributed by atoms with Crippen LogP contribution in [0.25, 0.3) is 0 Å². The standard InChI is InChI=1S/C11H19N3O2/c1-8(5-12)13-9-6-14(7-9)10(15)16-11(2,3)4/h8-9,13H,6-7H2,1-4H3/t8-/m1/s1. The number of hydrogen-bond donors (Lipinski definition) is 1. The third kappa shape index (κ3) is 3.70. The van der Waals surface area contributed by atoms with Crippen LogP contribution in [0, 0.1) is 11.3 Å². The van der Waals surface area contributed by atoms with Gasteiger partial charge in [0, 0.05) is 19.1 Å². The Kier molecular flexibility index (Phi) is 3.76. The SMILES string of the molecule is C[C@H](C#N)NC1CN(C(=O)OC(C)(C)C)C1. The molecule has 1 fully saturated rings. The minimum atomic E-state index is -0.449. The van der Waals surface area contributed by atoms with Gasteiger partial charge in [-0.15, -0.1) is 0 Å². The fourth-order valence-electron chi connectivity index (χ4n) is 1.45. The van der Waals surface area contributed by atoms with E-state index in [4.69, 9.17) is 10.00 Å². The molecule has 0 bridgehead atoms. The molecule has 0 saturated carbocycles. The summed E-state index contributed by atoms with van der Waals surface area (Å²) >= 11 is 0. The number of likely N-dealkylation sites (tertiary alicyclic amines) is 1. The Labute approximate surface area is 96.4 Å². The summed E-state index contributed by atoms with van der Waals surface area (Å²) < 4.78 is 5.22. The lowest BCUT2D eigenvalue weighted by Crippen LogP contribution is -2.61. The first-order valence-corrected chi connectivity index (χ1v) is 5.45. The highest BCUT2D eigenvalue weighted by atomic mass is 16.6. The van der Waals surface area contributed by atoms with Crippen molar-refractivity contribution < 1.29 is 9.53 Å². The van der Waals surface area contributed by atoms with Gasteiger partial charge in [0.1, 0.15) is 5.60 Å². The zero-order valence-corrected chi connectivity index (χ0v) is 10.3. The maximum absolute atomic E-state index is 11.6. The van der Waals surface area contributed by atoms with E-state index in [0.29, 0.717) is 13.1 Å². The van der Waals surface area contributed by atoms with Gasteiger partial charge in [-0.25, -0.2) is 4.79 Å². The quantitative estimate of drug-likeness (QED) is 0.764. The number of carbonyl (C=O) groups excluding carboxylic acids is 1. The smallest absolute Gasteiger partial charge is 0.410 e. The van der Waals surface area contributed by atoms with Crippen molar-refractivity contribution >= 4 is 6.09 Å².